The molecule has 1 aromatic carbocycles. The fraction of sp³-hybridized carbons (Fsp3) is 0.346. The normalized spacial score (nSPS) is 14.4. The first-order valence-electron chi connectivity index (χ1n) is 11.6. The number of fused-ring (bicyclic) bond motifs is 1. The van der Waals surface area contributed by atoms with Crippen LogP contribution in [-0.2, 0) is 11.3 Å². The summed E-state index contributed by atoms with van der Waals surface area (Å²) in [6.07, 6.45) is 7.99. The number of carbonyl (C=O) groups is 1. The lowest BCUT2D eigenvalue weighted by atomic mass is 9.93. The number of amides is 1. The summed E-state index contributed by atoms with van der Waals surface area (Å²) in [6, 6.07) is 16.4. The van der Waals surface area contributed by atoms with Gasteiger partial charge in [-0.15, -0.1) is 11.3 Å². The molecule has 0 aliphatic heterocycles. The summed E-state index contributed by atoms with van der Waals surface area (Å²) in [5.41, 5.74) is 0.939. The molecule has 7 heteroatoms. The van der Waals surface area contributed by atoms with E-state index in [9.17, 15) is 4.79 Å². The Morgan fingerprint density at radius 3 is 2.73 bits per heavy atom. The van der Waals surface area contributed by atoms with Crippen LogP contribution in [0.4, 0.5) is 5.82 Å². The van der Waals surface area contributed by atoms with Crippen molar-refractivity contribution in [3.8, 4) is 10.7 Å². The molecule has 3 heterocycles. The predicted molar refractivity (Wildman–Crippen MR) is 132 cm³/mol. The summed E-state index contributed by atoms with van der Waals surface area (Å²) in [4.78, 5) is 26.0. The van der Waals surface area contributed by atoms with E-state index < -0.39 is 0 Å². The monoisotopic (exact) mass is 460 g/mol. The van der Waals surface area contributed by atoms with E-state index in [0.29, 0.717) is 25.6 Å². The molecule has 0 unspecified atom stereocenters. The SMILES string of the molecule is O=C(CCN(c1nc(-c2cccs2)nc2ccccc12)C1CCCCC1)NCc1ccco1. The van der Waals surface area contributed by atoms with Gasteiger partial charge in [-0.3, -0.25) is 4.79 Å². The molecule has 170 valence electrons. The van der Waals surface area contributed by atoms with Crippen LogP contribution in [0, 0.1) is 0 Å². The zero-order chi connectivity index (χ0) is 22.5. The highest BCUT2D eigenvalue weighted by Gasteiger charge is 2.25. The van der Waals surface area contributed by atoms with Crippen LogP contribution in [0.25, 0.3) is 21.6 Å². The molecule has 1 N–H and O–H groups in total. The van der Waals surface area contributed by atoms with Crippen molar-refractivity contribution >= 4 is 34.0 Å². The van der Waals surface area contributed by atoms with Gasteiger partial charge in [0.15, 0.2) is 5.82 Å². The molecule has 5 rings (SSSR count). The lowest BCUT2D eigenvalue weighted by Gasteiger charge is -2.36. The first kappa shape index (κ1) is 21.6. The second kappa shape index (κ2) is 10.2. The van der Waals surface area contributed by atoms with Crippen molar-refractivity contribution in [3.63, 3.8) is 0 Å². The molecule has 0 atom stereocenters. The molecule has 0 radical (unpaired) electrons. The Morgan fingerprint density at radius 1 is 1.06 bits per heavy atom. The van der Waals surface area contributed by atoms with Gasteiger partial charge in [-0.1, -0.05) is 37.5 Å². The molecular formula is C26H28N4O2S. The summed E-state index contributed by atoms with van der Waals surface area (Å²) >= 11 is 1.65. The van der Waals surface area contributed by atoms with Crippen LogP contribution >= 0.6 is 11.3 Å². The van der Waals surface area contributed by atoms with Crippen LogP contribution in [0.2, 0.25) is 0 Å². The highest BCUT2D eigenvalue weighted by Crippen LogP contribution is 2.33. The van der Waals surface area contributed by atoms with Gasteiger partial charge in [0.25, 0.3) is 0 Å². The van der Waals surface area contributed by atoms with Gasteiger partial charge in [-0.25, -0.2) is 9.97 Å². The lowest BCUT2D eigenvalue weighted by Crippen LogP contribution is -2.40. The Labute approximate surface area is 197 Å². The highest BCUT2D eigenvalue weighted by atomic mass is 32.1. The van der Waals surface area contributed by atoms with Crippen LogP contribution in [0.15, 0.2) is 64.6 Å². The van der Waals surface area contributed by atoms with Gasteiger partial charge in [0.1, 0.15) is 11.6 Å². The lowest BCUT2D eigenvalue weighted by molar-refractivity contribution is -0.121. The quantitative estimate of drug-likeness (QED) is 0.360. The topological polar surface area (TPSA) is 71.3 Å². The second-order valence-electron chi connectivity index (χ2n) is 8.46. The molecule has 0 bridgehead atoms. The highest BCUT2D eigenvalue weighted by molar-refractivity contribution is 7.13. The van der Waals surface area contributed by atoms with Crippen molar-refractivity contribution in [1.29, 1.82) is 0 Å². The minimum absolute atomic E-state index is 0.0176. The number of hydrogen-bond acceptors (Lipinski definition) is 6. The maximum Gasteiger partial charge on any atom is 0.222 e. The Hall–Kier alpha value is -3.19. The zero-order valence-corrected chi connectivity index (χ0v) is 19.4. The molecule has 6 nitrogen and oxygen atoms in total. The van der Waals surface area contributed by atoms with Gasteiger partial charge in [0.05, 0.1) is 23.2 Å². The molecule has 33 heavy (non-hydrogen) atoms. The van der Waals surface area contributed by atoms with Gasteiger partial charge in [-0.05, 0) is 48.6 Å². The van der Waals surface area contributed by atoms with Crippen LogP contribution in [-0.4, -0.2) is 28.5 Å². The first-order chi connectivity index (χ1) is 16.3. The Bertz CT molecular complexity index is 1180. The van der Waals surface area contributed by atoms with Crippen molar-refractivity contribution in [2.75, 3.05) is 11.4 Å². The standard InChI is InChI=1S/C26H28N4O2S/c31-24(27-18-20-10-6-16-32-20)14-15-30(19-8-2-1-3-9-19)26-21-11-4-5-12-22(21)28-25(29-26)23-13-7-17-33-23/h4-7,10-13,16-17,19H,1-3,8-9,14-15,18H2,(H,27,31). The second-order valence-corrected chi connectivity index (χ2v) is 9.40. The molecule has 1 fully saturated rings. The fourth-order valence-corrected chi connectivity index (χ4v) is 5.22. The van der Waals surface area contributed by atoms with E-state index in [-0.39, 0.29) is 5.91 Å². The van der Waals surface area contributed by atoms with E-state index in [2.05, 4.69) is 27.7 Å². The van der Waals surface area contributed by atoms with E-state index in [1.54, 1.807) is 17.6 Å². The van der Waals surface area contributed by atoms with Crippen LogP contribution in [0.5, 0.6) is 0 Å². The Balaban J connectivity index is 1.44. The van der Waals surface area contributed by atoms with Gasteiger partial charge >= 0.3 is 0 Å². The van der Waals surface area contributed by atoms with Gasteiger partial charge < -0.3 is 14.6 Å². The van der Waals surface area contributed by atoms with Crippen LogP contribution in [0.1, 0.15) is 44.3 Å². The minimum atomic E-state index is 0.0176. The average molecular weight is 461 g/mol. The van der Waals surface area contributed by atoms with Gasteiger partial charge in [0, 0.05) is 24.4 Å². The minimum Gasteiger partial charge on any atom is -0.467 e. The third-order valence-electron chi connectivity index (χ3n) is 6.23. The van der Waals surface area contributed by atoms with Crippen molar-refractivity contribution in [2.24, 2.45) is 0 Å². The number of nitrogens with zero attached hydrogens (tertiary/aromatic N) is 3. The molecule has 1 saturated carbocycles. The van der Waals surface area contributed by atoms with Crippen molar-refractivity contribution in [2.45, 2.75) is 51.1 Å². The van der Waals surface area contributed by atoms with Crippen molar-refractivity contribution in [3.05, 3.63) is 65.9 Å². The molecule has 1 amide bonds. The number of hydrogen-bond donors (Lipinski definition) is 1. The number of benzene rings is 1. The average Bonchev–Trinajstić information content (AvgIpc) is 3.58. The van der Waals surface area contributed by atoms with E-state index >= 15 is 0 Å². The van der Waals surface area contributed by atoms with Crippen LogP contribution in [0.3, 0.4) is 0 Å². The summed E-state index contributed by atoms with van der Waals surface area (Å²) < 4.78 is 5.33. The van der Waals surface area contributed by atoms with E-state index in [0.717, 1.165) is 46.0 Å². The molecule has 3 aromatic heterocycles. The number of carbonyl (C=O) groups excluding carboxylic acids is 1. The Kier molecular flexibility index (Phi) is 6.67. The van der Waals surface area contributed by atoms with Crippen molar-refractivity contribution in [1.82, 2.24) is 15.3 Å². The predicted octanol–water partition coefficient (Wildman–Crippen LogP) is 5.80. The smallest absolute Gasteiger partial charge is 0.222 e. The molecule has 1 aliphatic rings. The number of anilines is 1. The first-order valence-corrected chi connectivity index (χ1v) is 12.5. The largest absolute Gasteiger partial charge is 0.467 e. The summed E-state index contributed by atoms with van der Waals surface area (Å²) in [6.45, 7) is 1.04. The van der Waals surface area contributed by atoms with E-state index in [1.807, 2.05) is 36.4 Å². The molecular weight excluding hydrogens is 432 g/mol. The third kappa shape index (κ3) is 5.09. The summed E-state index contributed by atoms with van der Waals surface area (Å²) in [5, 5.41) is 6.07. The summed E-state index contributed by atoms with van der Waals surface area (Å²) in [5.74, 6) is 2.47. The van der Waals surface area contributed by atoms with E-state index in [1.165, 1.54) is 19.3 Å². The van der Waals surface area contributed by atoms with Crippen molar-refractivity contribution < 1.29 is 9.21 Å². The maximum absolute atomic E-state index is 12.7. The number of rotatable bonds is 8. The number of nitrogens with one attached hydrogen (secondary N) is 1. The summed E-state index contributed by atoms with van der Waals surface area (Å²) in [7, 11) is 0. The third-order valence-corrected chi connectivity index (χ3v) is 7.10. The number of aromatic nitrogens is 2. The fourth-order valence-electron chi connectivity index (χ4n) is 4.56. The molecule has 4 aromatic rings. The zero-order valence-electron chi connectivity index (χ0n) is 18.6. The van der Waals surface area contributed by atoms with E-state index in [4.69, 9.17) is 14.4 Å². The van der Waals surface area contributed by atoms with Crippen LogP contribution < -0.4 is 10.2 Å². The molecule has 1 aliphatic carbocycles. The number of furan rings is 1. The Morgan fingerprint density at radius 2 is 1.94 bits per heavy atom. The van der Waals surface area contributed by atoms with Gasteiger partial charge in [-0.2, -0.15) is 0 Å². The van der Waals surface area contributed by atoms with Gasteiger partial charge in [0.2, 0.25) is 5.91 Å². The number of para-hydroxylation sites is 1. The molecule has 0 saturated heterocycles. The number of thiophene rings is 1. The molecule has 0 spiro atoms. The maximum atomic E-state index is 12.7.